The molecule has 0 fully saturated rings. The lowest BCUT2D eigenvalue weighted by Crippen LogP contribution is -2.21. The smallest absolute Gasteiger partial charge is 0.375 e. The van der Waals surface area contributed by atoms with E-state index >= 15 is 0 Å². The lowest BCUT2D eigenvalue weighted by Gasteiger charge is -2.11. The summed E-state index contributed by atoms with van der Waals surface area (Å²) in [6.07, 6.45) is 0. The number of rotatable bonds is 7. The number of carbonyl (C=O) groups excluding carboxylic acids is 2. The Morgan fingerprint density at radius 3 is 2.62 bits per heavy atom. The van der Waals surface area contributed by atoms with Crippen molar-refractivity contribution >= 4 is 28.5 Å². The highest BCUT2D eigenvalue weighted by Gasteiger charge is 2.21. The number of anilines is 1. The summed E-state index contributed by atoms with van der Waals surface area (Å²) in [5.41, 5.74) is 2.65. The summed E-state index contributed by atoms with van der Waals surface area (Å²) >= 11 is 0. The van der Waals surface area contributed by atoms with Crippen molar-refractivity contribution in [3.63, 3.8) is 0 Å². The monoisotopic (exact) mass is 397 g/mol. The molecule has 152 valence electrons. The lowest BCUT2D eigenvalue weighted by atomic mass is 10.1. The highest BCUT2D eigenvalue weighted by molar-refractivity contribution is 5.99. The van der Waals surface area contributed by atoms with E-state index in [9.17, 15) is 9.59 Å². The third-order valence-corrected chi connectivity index (χ3v) is 4.37. The Hall–Kier alpha value is -3.48. The molecule has 0 atom stereocenters. The van der Waals surface area contributed by atoms with Crippen LogP contribution in [0.25, 0.3) is 11.0 Å². The van der Waals surface area contributed by atoms with Crippen LogP contribution in [0.2, 0.25) is 0 Å². The summed E-state index contributed by atoms with van der Waals surface area (Å²) in [4.78, 5) is 24.6. The number of ether oxygens (including phenoxy) is 3. The third kappa shape index (κ3) is 4.51. The molecule has 0 saturated heterocycles. The largest absolute Gasteiger partial charge is 0.495 e. The van der Waals surface area contributed by atoms with E-state index in [0.717, 1.165) is 10.9 Å². The number of carbonyl (C=O) groups is 2. The first-order valence-electron chi connectivity index (χ1n) is 9.20. The molecule has 0 aliphatic carbocycles. The second kappa shape index (κ2) is 8.68. The van der Waals surface area contributed by atoms with Gasteiger partial charge in [-0.3, -0.25) is 4.79 Å². The second-order valence-corrected chi connectivity index (χ2v) is 6.48. The zero-order valence-corrected chi connectivity index (χ0v) is 16.8. The number of esters is 1. The van der Waals surface area contributed by atoms with Crippen molar-refractivity contribution in [2.45, 2.75) is 20.8 Å². The summed E-state index contributed by atoms with van der Waals surface area (Å²) in [6, 6.07) is 10.7. The van der Waals surface area contributed by atoms with Crippen LogP contribution in [0.1, 0.15) is 28.6 Å². The Labute approximate surface area is 168 Å². The Bertz CT molecular complexity index is 1050. The van der Waals surface area contributed by atoms with Gasteiger partial charge in [-0.2, -0.15) is 0 Å². The van der Waals surface area contributed by atoms with E-state index < -0.39 is 18.5 Å². The number of hydrogen-bond acceptors (Lipinski definition) is 6. The van der Waals surface area contributed by atoms with Gasteiger partial charge in [0.25, 0.3) is 5.91 Å². The number of amides is 1. The number of aryl methyl sites for hydroxylation is 2. The van der Waals surface area contributed by atoms with Gasteiger partial charge in [-0.25, -0.2) is 4.79 Å². The van der Waals surface area contributed by atoms with E-state index in [2.05, 4.69) is 5.32 Å². The van der Waals surface area contributed by atoms with Crippen LogP contribution >= 0.6 is 0 Å². The van der Waals surface area contributed by atoms with Gasteiger partial charge >= 0.3 is 5.97 Å². The first-order chi connectivity index (χ1) is 13.9. The molecule has 0 bridgehead atoms. The van der Waals surface area contributed by atoms with Crippen molar-refractivity contribution in [2.24, 2.45) is 0 Å². The Morgan fingerprint density at radius 1 is 1.10 bits per heavy atom. The van der Waals surface area contributed by atoms with E-state index in [0.29, 0.717) is 34.9 Å². The minimum atomic E-state index is -0.706. The average molecular weight is 397 g/mol. The van der Waals surface area contributed by atoms with Gasteiger partial charge in [0.05, 0.1) is 19.4 Å². The molecule has 29 heavy (non-hydrogen) atoms. The zero-order chi connectivity index (χ0) is 21.0. The highest BCUT2D eigenvalue weighted by Crippen LogP contribution is 2.29. The van der Waals surface area contributed by atoms with Gasteiger partial charge in [0.15, 0.2) is 6.61 Å². The van der Waals surface area contributed by atoms with Crippen molar-refractivity contribution in [3.8, 4) is 11.5 Å². The van der Waals surface area contributed by atoms with Crippen LogP contribution in [0.15, 0.2) is 40.8 Å². The van der Waals surface area contributed by atoms with Crippen LogP contribution in [-0.4, -0.2) is 32.2 Å². The van der Waals surface area contributed by atoms with Gasteiger partial charge in [-0.1, -0.05) is 6.07 Å². The number of benzene rings is 2. The van der Waals surface area contributed by atoms with Crippen molar-refractivity contribution in [1.82, 2.24) is 0 Å². The van der Waals surface area contributed by atoms with Gasteiger partial charge in [0.2, 0.25) is 5.76 Å². The molecule has 3 rings (SSSR count). The lowest BCUT2D eigenvalue weighted by molar-refractivity contribution is -0.119. The molecule has 2 aromatic carbocycles. The molecule has 0 spiro atoms. The zero-order valence-electron chi connectivity index (χ0n) is 16.8. The maximum Gasteiger partial charge on any atom is 0.375 e. The van der Waals surface area contributed by atoms with Crippen LogP contribution in [0.3, 0.4) is 0 Å². The molecule has 1 N–H and O–H groups in total. The molecule has 0 radical (unpaired) electrons. The predicted molar refractivity (Wildman–Crippen MR) is 109 cm³/mol. The summed E-state index contributed by atoms with van der Waals surface area (Å²) in [6.45, 7) is 5.65. The van der Waals surface area contributed by atoms with Gasteiger partial charge in [-0.15, -0.1) is 0 Å². The molecule has 1 aromatic heterocycles. The Balaban J connectivity index is 1.68. The molecule has 0 aliphatic heterocycles. The quantitative estimate of drug-likeness (QED) is 0.600. The topological polar surface area (TPSA) is 87.0 Å². The molecule has 0 unspecified atom stereocenters. The van der Waals surface area contributed by atoms with Gasteiger partial charge < -0.3 is 23.9 Å². The van der Waals surface area contributed by atoms with Crippen molar-refractivity contribution < 1.29 is 28.2 Å². The Morgan fingerprint density at radius 2 is 1.90 bits per heavy atom. The van der Waals surface area contributed by atoms with E-state index in [1.54, 1.807) is 31.2 Å². The molecule has 0 saturated carbocycles. The molecule has 7 nitrogen and oxygen atoms in total. The molecular weight excluding hydrogens is 374 g/mol. The van der Waals surface area contributed by atoms with E-state index in [-0.39, 0.29) is 5.76 Å². The fraction of sp³-hybridized carbons (Fsp3) is 0.273. The van der Waals surface area contributed by atoms with Crippen LogP contribution in [0.4, 0.5) is 5.69 Å². The standard InChI is InChI=1S/C22H23NO6/c1-5-27-15-7-9-18-16(11-15)14(3)21(29-18)22(25)28-12-20(24)23-17-10-13(2)6-8-19(17)26-4/h6-11H,5,12H2,1-4H3,(H,23,24). The van der Waals surface area contributed by atoms with Crippen LogP contribution in [-0.2, 0) is 9.53 Å². The minimum absolute atomic E-state index is 0.0644. The van der Waals surface area contributed by atoms with Crippen LogP contribution in [0.5, 0.6) is 11.5 Å². The Kier molecular flexibility index (Phi) is 6.07. The molecule has 1 amide bonds. The third-order valence-electron chi connectivity index (χ3n) is 4.37. The van der Waals surface area contributed by atoms with Crippen LogP contribution < -0.4 is 14.8 Å². The van der Waals surface area contributed by atoms with E-state index in [1.165, 1.54) is 7.11 Å². The summed E-state index contributed by atoms with van der Waals surface area (Å²) < 4.78 is 21.5. The molecule has 1 heterocycles. The predicted octanol–water partition coefficient (Wildman–Crippen LogP) is 4.25. The van der Waals surface area contributed by atoms with Crippen molar-refractivity contribution in [2.75, 3.05) is 25.6 Å². The van der Waals surface area contributed by atoms with Crippen molar-refractivity contribution in [3.05, 3.63) is 53.3 Å². The number of methoxy groups -OCH3 is 1. The maximum atomic E-state index is 12.4. The van der Waals surface area contributed by atoms with Gasteiger partial charge in [-0.05, 0) is 56.7 Å². The first kappa shape index (κ1) is 20.3. The second-order valence-electron chi connectivity index (χ2n) is 6.48. The maximum absolute atomic E-state index is 12.4. The summed E-state index contributed by atoms with van der Waals surface area (Å²) in [5, 5.41) is 3.44. The average Bonchev–Trinajstić information content (AvgIpc) is 3.03. The molecular formula is C22H23NO6. The number of nitrogens with one attached hydrogen (secondary N) is 1. The molecule has 7 heteroatoms. The number of hydrogen-bond donors (Lipinski definition) is 1. The fourth-order valence-corrected chi connectivity index (χ4v) is 2.95. The molecule has 3 aromatic rings. The van der Waals surface area contributed by atoms with E-state index in [1.807, 2.05) is 26.0 Å². The SMILES string of the molecule is CCOc1ccc2oc(C(=O)OCC(=O)Nc3cc(C)ccc3OC)c(C)c2c1. The highest BCUT2D eigenvalue weighted by atomic mass is 16.5. The normalized spacial score (nSPS) is 10.6. The van der Waals surface area contributed by atoms with Crippen LogP contribution in [0, 0.1) is 13.8 Å². The number of furan rings is 1. The number of fused-ring (bicyclic) bond motifs is 1. The minimum Gasteiger partial charge on any atom is -0.495 e. The molecule has 0 aliphatic rings. The van der Waals surface area contributed by atoms with Gasteiger partial charge in [0, 0.05) is 10.9 Å². The van der Waals surface area contributed by atoms with Crippen molar-refractivity contribution in [1.29, 1.82) is 0 Å². The summed E-state index contributed by atoms with van der Waals surface area (Å²) in [7, 11) is 1.52. The van der Waals surface area contributed by atoms with E-state index in [4.69, 9.17) is 18.6 Å². The van der Waals surface area contributed by atoms with Gasteiger partial charge in [0.1, 0.15) is 17.1 Å². The fourth-order valence-electron chi connectivity index (χ4n) is 2.95. The summed E-state index contributed by atoms with van der Waals surface area (Å²) in [5.74, 6) is 0.0936. The first-order valence-corrected chi connectivity index (χ1v) is 9.20.